The third-order valence-electron chi connectivity index (χ3n) is 3.28. The zero-order valence-corrected chi connectivity index (χ0v) is 8.61. The van der Waals surface area contributed by atoms with Gasteiger partial charge in [0.2, 0.25) is 0 Å². The fraction of sp³-hybridized carbons (Fsp3) is 1.00. The van der Waals surface area contributed by atoms with E-state index in [9.17, 15) is 0 Å². The summed E-state index contributed by atoms with van der Waals surface area (Å²) >= 11 is 0. The number of hydrogen-bond acceptors (Lipinski definition) is 1. The van der Waals surface area contributed by atoms with Crippen LogP contribution in [0.15, 0.2) is 0 Å². The van der Waals surface area contributed by atoms with Crippen LogP contribution < -0.4 is 5.32 Å². The topological polar surface area (TPSA) is 12.0 Å². The molecule has 2 bridgehead atoms. The lowest BCUT2D eigenvalue weighted by atomic mass is 9.55. The quantitative estimate of drug-likeness (QED) is 0.632. The maximum absolute atomic E-state index is 3.55. The lowest BCUT2D eigenvalue weighted by Gasteiger charge is -2.55. The van der Waals surface area contributed by atoms with Crippen LogP contribution in [0.1, 0.15) is 40.0 Å². The Bertz CT molecular complexity index is 166. The van der Waals surface area contributed by atoms with Crippen LogP contribution >= 0.6 is 0 Å². The molecule has 0 amide bonds. The molecule has 1 heteroatoms. The van der Waals surface area contributed by atoms with Gasteiger partial charge >= 0.3 is 0 Å². The van der Waals surface area contributed by atoms with Crippen molar-refractivity contribution in [3.05, 3.63) is 0 Å². The molecule has 2 aliphatic heterocycles. The summed E-state index contributed by atoms with van der Waals surface area (Å²) in [4.78, 5) is 0. The van der Waals surface area contributed by atoms with Gasteiger partial charge in [-0.1, -0.05) is 20.8 Å². The minimum atomic E-state index is 0.518. The van der Waals surface area contributed by atoms with Crippen molar-refractivity contribution in [2.45, 2.75) is 40.0 Å². The molecular formula is C11H21N. The van der Waals surface area contributed by atoms with Crippen LogP contribution in [0.2, 0.25) is 0 Å². The minimum Gasteiger partial charge on any atom is -0.316 e. The van der Waals surface area contributed by atoms with Crippen molar-refractivity contribution >= 4 is 0 Å². The van der Waals surface area contributed by atoms with Crippen molar-refractivity contribution < 1.29 is 0 Å². The molecule has 1 N–H and O–H groups in total. The second-order valence-corrected chi connectivity index (χ2v) is 6.14. The average molecular weight is 167 g/mol. The van der Waals surface area contributed by atoms with Crippen molar-refractivity contribution in [1.29, 1.82) is 0 Å². The molecule has 1 saturated carbocycles. The molecule has 2 heterocycles. The van der Waals surface area contributed by atoms with E-state index in [1.807, 2.05) is 0 Å². The predicted molar refractivity (Wildman–Crippen MR) is 52.1 cm³/mol. The molecule has 0 atom stereocenters. The van der Waals surface area contributed by atoms with E-state index in [0.717, 1.165) is 5.92 Å². The SMILES string of the molecule is CC(C)(C)CC12CNCC(C1)C2. The van der Waals surface area contributed by atoms with Gasteiger partial charge in [-0.25, -0.2) is 0 Å². The number of piperidine rings is 2. The van der Waals surface area contributed by atoms with Crippen molar-refractivity contribution in [1.82, 2.24) is 5.32 Å². The van der Waals surface area contributed by atoms with E-state index in [0.29, 0.717) is 10.8 Å². The van der Waals surface area contributed by atoms with Gasteiger partial charge in [-0.15, -0.1) is 0 Å². The Hall–Kier alpha value is -0.0400. The van der Waals surface area contributed by atoms with E-state index >= 15 is 0 Å². The monoisotopic (exact) mass is 167 g/mol. The molecule has 0 radical (unpaired) electrons. The molecule has 3 rings (SSSR count). The summed E-state index contributed by atoms with van der Waals surface area (Å²) in [6, 6.07) is 0. The first kappa shape index (κ1) is 8.55. The summed E-state index contributed by atoms with van der Waals surface area (Å²) < 4.78 is 0. The minimum absolute atomic E-state index is 0.518. The van der Waals surface area contributed by atoms with E-state index in [2.05, 4.69) is 26.1 Å². The van der Waals surface area contributed by atoms with Crippen LogP contribution in [0.3, 0.4) is 0 Å². The normalized spacial score (nSPS) is 40.8. The second-order valence-electron chi connectivity index (χ2n) is 6.14. The Morgan fingerprint density at radius 3 is 2.42 bits per heavy atom. The van der Waals surface area contributed by atoms with Crippen LogP contribution in [0.25, 0.3) is 0 Å². The highest BCUT2D eigenvalue weighted by atomic mass is 14.9. The molecule has 12 heavy (non-hydrogen) atoms. The number of nitrogens with one attached hydrogen (secondary N) is 1. The molecule has 2 saturated heterocycles. The summed E-state index contributed by atoms with van der Waals surface area (Å²) in [5, 5.41) is 3.55. The number of hydrogen-bond donors (Lipinski definition) is 1. The molecule has 0 spiro atoms. The molecule has 0 aromatic carbocycles. The maximum atomic E-state index is 3.55. The van der Waals surface area contributed by atoms with Crippen molar-refractivity contribution in [3.63, 3.8) is 0 Å². The van der Waals surface area contributed by atoms with E-state index in [-0.39, 0.29) is 0 Å². The Morgan fingerprint density at radius 2 is 2.00 bits per heavy atom. The van der Waals surface area contributed by atoms with Crippen LogP contribution in [-0.4, -0.2) is 13.1 Å². The summed E-state index contributed by atoms with van der Waals surface area (Å²) in [5.74, 6) is 1.01. The summed E-state index contributed by atoms with van der Waals surface area (Å²) in [6.07, 6.45) is 4.40. The highest BCUT2D eigenvalue weighted by Gasteiger charge is 2.48. The molecule has 1 nitrogen and oxygen atoms in total. The van der Waals surface area contributed by atoms with Gasteiger partial charge in [-0.05, 0) is 42.6 Å². The first-order valence-electron chi connectivity index (χ1n) is 5.20. The van der Waals surface area contributed by atoms with Crippen molar-refractivity contribution in [3.8, 4) is 0 Å². The molecule has 0 aromatic heterocycles. The lowest BCUT2D eigenvalue weighted by Crippen LogP contribution is -2.55. The van der Waals surface area contributed by atoms with Crippen LogP contribution in [0.4, 0.5) is 0 Å². The molecule has 70 valence electrons. The average Bonchev–Trinajstić information content (AvgIpc) is 1.81. The molecule has 1 aliphatic carbocycles. The fourth-order valence-electron chi connectivity index (χ4n) is 3.33. The fourth-order valence-corrected chi connectivity index (χ4v) is 3.33. The molecule has 3 fully saturated rings. The Kier molecular flexibility index (Phi) is 1.76. The third kappa shape index (κ3) is 1.52. The van der Waals surface area contributed by atoms with E-state index in [4.69, 9.17) is 0 Å². The Morgan fingerprint density at radius 1 is 1.33 bits per heavy atom. The number of rotatable bonds is 1. The smallest absolute Gasteiger partial charge is 0.000834 e. The van der Waals surface area contributed by atoms with E-state index < -0.39 is 0 Å². The van der Waals surface area contributed by atoms with Gasteiger partial charge in [0, 0.05) is 6.54 Å². The highest BCUT2D eigenvalue weighted by Crippen LogP contribution is 2.53. The van der Waals surface area contributed by atoms with Crippen LogP contribution in [-0.2, 0) is 0 Å². The van der Waals surface area contributed by atoms with Gasteiger partial charge in [-0.2, -0.15) is 0 Å². The zero-order chi connectivity index (χ0) is 8.82. The lowest BCUT2D eigenvalue weighted by molar-refractivity contribution is -0.0202. The Balaban J connectivity index is 1.95. The van der Waals surface area contributed by atoms with Gasteiger partial charge in [0.05, 0.1) is 0 Å². The summed E-state index contributed by atoms with van der Waals surface area (Å²) in [7, 11) is 0. The number of fused-ring (bicyclic) bond motifs is 2. The van der Waals surface area contributed by atoms with Gasteiger partial charge < -0.3 is 5.32 Å². The zero-order valence-electron chi connectivity index (χ0n) is 8.61. The van der Waals surface area contributed by atoms with Gasteiger partial charge in [0.15, 0.2) is 0 Å². The Labute approximate surface area is 75.9 Å². The first-order valence-corrected chi connectivity index (χ1v) is 5.20. The molecule has 0 unspecified atom stereocenters. The van der Waals surface area contributed by atoms with E-state index in [1.54, 1.807) is 0 Å². The standard InChI is InChI=1S/C11H21N/c1-10(2,3)7-11-4-9(5-11)6-12-8-11/h9,12H,4-8H2,1-3H3. The van der Waals surface area contributed by atoms with Crippen molar-refractivity contribution in [2.24, 2.45) is 16.7 Å². The predicted octanol–water partition coefficient (Wildman–Crippen LogP) is 2.42. The summed E-state index contributed by atoms with van der Waals surface area (Å²) in [5.41, 5.74) is 1.21. The summed E-state index contributed by atoms with van der Waals surface area (Å²) in [6.45, 7) is 9.66. The van der Waals surface area contributed by atoms with Gasteiger partial charge in [0.1, 0.15) is 0 Å². The van der Waals surface area contributed by atoms with E-state index in [1.165, 1.54) is 32.4 Å². The largest absolute Gasteiger partial charge is 0.316 e. The van der Waals surface area contributed by atoms with Gasteiger partial charge in [-0.3, -0.25) is 0 Å². The molecular weight excluding hydrogens is 146 g/mol. The van der Waals surface area contributed by atoms with Gasteiger partial charge in [0.25, 0.3) is 0 Å². The highest BCUT2D eigenvalue weighted by molar-refractivity contribution is 5.01. The second kappa shape index (κ2) is 2.47. The van der Waals surface area contributed by atoms with Crippen molar-refractivity contribution in [2.75, 3.05) is 13.1 Å². The maximum Gasteiger partial charge on any atom is 0.000834 e. The third-order valence-corrected chi connectivity index (χ3v) is 3.28. The van der Waals surface area contributed by atoms with Crippen LogP contribution in [0.5, 0.6) is 0 Å². The first-order chi connectivity index (χ1) is 5.49. The molecule has 3 aliphatic rings. The molecule has 0 aromatic rings. The van der Waals surface area contributed by atoms with Crippen LogP contribution in [0, 0.1) is 16.7 Å².